The molecular weight excluding hydrogens is 385 g/mol. The van der Waals surface area contributed by atoms with Crippen LogP contribution >= 0.6 is 23.2 Å². The van der Waals surface area contributed by atoms with Crippen molar-refractivity contribution in [1.82, 2.24) is 20.2 Å². The van der Waals surface area contributed by atoms with Crippen LogP contribution in [-0.4, -0.2) is 34.9 Å². The van der Waals surface area contributed by atoms with E-state index in [2.05, 4.69) is 20.8 Å². The summed E-state index contributed by atoms with van der Waals surface area (Å²) in [5, 5.41) is 15.6. The molecule has 0 fully saturated rings. The van der Waals surface area contributed by atoms with Gasteiger partial charge in [0.2, 0.25) is 0 Å². The van der Waals surface area contributed by atoms with Crippen molar-refractivity contribution in [1.29, 1.82) is 0 Å². The Kier molecular flexibility index (Phi) is 4.94. The summed E-state index contributed by atoms with van der Waals surface area (Å²) in [6.45, 7) is 0.306. The first-order valence-corrected chi connectivity index (χ1v) is 9.76. The molecule has 0 atom stereocenters. The number of sulfone groups is 1. The quantitative estimate of drug-likeness (QED) is 0.711. The fraction of sp³-hybridized carbons (Fsp3) is 0.133. The lowest BCUT2D eigenvalue weighted by molar-refractivity contribution is 0.602. The molecule has 10 heteroatoms. The highest BCUT2D eigenvalue weighted by molar-refractivity contribution is 7.90. The van der Waals surface area contributed by atoms with Crippen LogP contribution in [0.15, 0.2) is 47.4 Å². The number of nitrogens with one attached hydrogen (secondary N) is 1. The SMILES string of the molecule is CS(=O)(=O)c1ccc(-n2nnnc2CNc2cccc(Cl)c2Cl)cc1. The molecule has 0 spiro atoms. The van der Waals surface area contributed by atoms with Gasteiger partial charge in [-0.3, -0.25) is 0 Å². The molecule has 0 aliphatic carbocycles. The Morgan fingerprint density at radius 2 is 1.84 bits per heavy atom. The Labute approximate surface area is 154 Å². The van der Waals surface area contributed by atoms with Crippen LogP contribution < -0.4 is 5.32 Å². The molecule has 1 heterocycles. The molecule has 2 aromatic carbocycles. The molecule has 25 heavy (non-hydrogen) atoms. The number of halogens is 2. The first kappa shape index (κ1) is 17.7. The van der Waals surface area contributed by atoms with Gasteiger partial charge in [-0.1, -0.05) is 29.3 Å². The van der Waals surface area contributed by atoms with E-state index in [-0.39, 0.29) is 4.90 Å². The fourth-order valence-electron chi connectivity index (χ4n) is 2.17. The number of aromatic nitrogens is 4. The highest BCUT2D eigenvalue weighted by Crippen LogP contribution is 2.29. The Morgan fingerprint density at radius 1 is 1.12 bits per heavy atom. The summed E-state index contributed by atoms with van der Waals surface area (Å²) in [5.41, 5.74) is 1.31. The average molecular weight is 398 g/mol. The highest BCUT2D eigenvalue weighted by atomic mass is 35.5. The van der Waals surface area contributed by atoms with Crippen LogP contribution in [-0.2, 0) is 16.4 Å². The van der Waals surface area contributed by atoms with Crippen molar-refractivity contribution in [2.75, 3.05) is 11.6 Å². The summed E-state index contributed by atoms with van der Waals surface area (Å²) < 4.78 is 24.6. The number of hydrogen-bond donors (Lipinski definition) is 1. The third-order valence-corrected chi connectivity index (χ3v) is 5.38. The molecule has 7 nitrogen and oxygen atoms in total. The van der Waals surface area contributed by atoms with Crippen LogP contribution in [0.5, 0.6) is 0 Å². The van der Waals surface area contributed by atoms with Gasteiger partial charge < -0.3 is 5.32 Å². The van der Waals surface area contributed by atoms with Crippen LogP contribution in [0.25, 0.3) is 5.69 Å². The lowest BCUT2D eigenvalue weighted by atomic mass is 10.3. The van der Waals surface area contributed by atoms with Crippen LogP contribution in [0.1, 0.15) is 5.82 Å². The third-order valence-electron chi connectivity index (χ3n) is 3.43. The molecule has 1 N–H and O–H groups in total. The lowest BCUT2D eigenvalue weighted by Gasteiger charge is -2.09. The van der Waals surface area contributed by atoms with Crippen molar-refractivity contribution in [2.45, 2.75) is 11.4 Å². The van der Waals surface area contributed by atoms with Crippen molar-refractivity contribution in [2.24, 2.45) is 0 Å². The van der Waals surface area contributed by atoms with Gasteiger partial charge in [-0.05, 0) is 46.8 Å². The second kappa shape index (κ2) is 6.99. The zero-order chi connectivity index (χ0) is 18.0. The maximum absolute atomic E-state index is 11.5. The van der Waals surface area contributed by atoms with Crippen molar-refractivity contribution in [3.05, 3.63) is 58.3 Å². The molecule has 3 aromatic rings. The minimum Gasteiger partial charge on any atom is -0.376 e. The van der Waals surface area contributed by atoms with Crippen molar-refractivity contribution < 1.29 is 8.42 Å². The van der Waals surface area contributed by atoms with E-state index in [4.69, 9.17) is 23.2 Å². The van der Waals surface area contributed by atoms with E-state index in [0.29, 0.717) is 33.8 Å². The zero-order valence-electron chi connectivity index (χ0n) is 13.0. The van der Waals surface area contributed by atoms with E-state index in [0.717, 1.165) is 6.26 Å². The Bertz CT molecular complexity index is 1000. The molecule has 0 aliphatic heterocycles. The summed E-state index contributed by atoms with van der Waals surface area (Å²) in [4.78, 5) is 0.231. The van der Waals surface area contributed by atoms with Gasteiger partial charge in [0.05, 0.1) is 32.9 Å². The van der Waals surface area contributed by atoms with E-state index in [1.165, 1.54) is 16.8 Å². The van der Waals surface area contributed by atoms with Gasteiger partial charge >= 0.3 is 0 Å². The molecule has 0 saturated heterocycles. The summed E-state index contributed by atoms with van der Waals surface area (Å²) in [5.74, 6) is 0.531. The topological polar surface area (TPSA) is 89.8 Å². The normalized spacial score (nSPS) is 11.5. The lowest BCUT2D eigenvalue weighted by Crippen LogP contribution is -2.09. The summed E-state index contributed by atoms with van der Waals surface area (Å²) >= 11 is 12.1. The van der Waals surface area contributed by atoms with E-state index >= 15 is 0 Å². The van der Waals surface area contributed by atoms with Crippen molar-refractivity contribution in [3.8, 4) is 5.69 Å². The van der Waals surface area contributed by atoms with Gasteiger partial charge in [0.25, 0.3) is 0 Å². The van der Waals surface area contributed by atoms with Crippen LogP contribution in [0, 0.1) is 0 Å². The monoisotopic (exact) mass is 397 g/mol. The Morgan fingerprint density at radius 3 is 2.52 bits per heavy atom. The first-order valence-electron chi connectivity index (χ1n) is 7.12. The summed E-state index contributed by atoms with van der Waals surface area (Å²) in [6, 6.07) is 11.6. The van der Waals surface area contributed by atoms with E-state index < -0.39 is 9.84 Å². The Hall–Kier alpha value is -2.16. The van der Waals surface area contributed by atoms with Gasteiger partial charge in [0.1, 0.15) is 0 Å². The van der Waals surface area contributed by atoms with Gasteiger partial charge in [-0.25, -0.2) is 8.42 Å². The van der Waals surface area contributed by atoms with Gasteiger partial charge in [0, 0.05) is 6.26 Å². The van der Waals surface area contributed by atoms with Crippen LogP contribution in [0.2, 0.25) is 10.0 Å². The molecule has 0 aliphatic rings. The van der Waals surface area contributed by atoms with Gasteiger partial charge in [-0.15, -0.1) is 5.10 Å². The smallest absolute Gasteiger partial charge is 0.175 e. The number of anilines is 1. The first-order chi connectivity index (χ1) is 11.9. The van der Waals surface area contributed by atoms with Crippen molar-refractivity contribution in [3.63, 3.8) is 0 Å². The predicted octanol–water partition coefficient (Wildman–Crippen LogP) is 2.98. The number of hydrogen-bond acceptors (Lipinski definition) is 6. The second-order valence-corrected chi connectivity index (χ2v) is 8.03. The molecule has 0 radical (unpaired) electrons. The Balaban J connectivity index is 1.82. The molecule has 0 amide bonds. The van der Waals surface area contributed by atoms with Crippen LogP contribution in [0.4, 0.5) is 5.69 Å². The molecule has 0 bridgehead atoms. The standard InChI is InChI=1S/C15H13Cl2N5O2S/c1-25(23,24)11-7-5-10(6-8-11)22-14(19-20-21-22)9-18-13-4-2-3-12(16)15(13)17/h2-8,18H,9H2,1H3. The number of benzene rings is 2. The third kappa shape index (κ3) is 3.92. The zero-order valence-corrected chi connectivity index (χ0v) is 15.3. The van der Waals surface area contributed by atoms with E-state index in [1.54, 1.807) is 30.3 Å². The summed E-state index contributed by atoms with van der Waals surface area (Å²) in [7, 11) is -3.25. The highest BCUT2D eigenvalue weighted by Gasteiger charge is 2.12. The fourth-order valence-corrected chi connectivity index (χ4v) is 3.16. The molecule has 3 rings (SSSR count). The number of tetrazole rings is 1. The minimum atomic E-state index is -3.25. The number of rotatable bonds is 5. The summed E-state index contributed by atoms with van der Waals surface area (Å²) in [6.07, 6.45) is 1.16. The maximum atomic E-state index is 11.5. The second-order valence-electron chi connectivity index (χ2n) is 5.23. The van der Waals surface area contributed by atoms with Crippen molar-refractivity contribution >= 4 is 38.7 Å². The van der Waals surface area contributed by atoms with Gasteiger partial charge in [0.15, 0.2) is 15.7 Å². The molecule has 130 valence electrons. The van der Waals surface area contributed by atoms with Gasteiger partial charge in [-0.2, -0.15) is 4.68 Å². The molecular formula is C15H13Cl2N5O2S. The average Bonchev–Trinajstić information content (AvgIpc) is 3.04. The number of nitrogens with zero attached hydrogens (tertiary/aromatic N) is 4. The largest absolute Gasteiger partial charge is 0.376 e. The predicted molar refractivity (Wildman–Crippen MR) is 96.1 cm³/mol. The van der Waals surface area contributed by atoms with E-state index in [1.807, 2.05) is 0 Å². The van der Waals surface area contributed by atoms with Crippen LogP contribution in [0.3, 0.4) is 0 Å². The molecule has 0 unspecified atom stereocenters. The molecule has 1 aromatic heterocycles. The minimum absolute atomic E-state index is 0.231. The molecule has 0 saturated carbocycles. The maximum Gasteiger partial charge on any atom is 0.175 e. The van der Waals surface area contributed by atoms with E-state index in [9.17, 15) is 8.42 Å².